The van der Waals surface area contributed by atoms with Crippen LogP contribution in [0.5, 0.6) is 0 Å². The molecular weight excluding hydrogens is 296 g/mol. The van der Waals surface area contributed by atoms with E-state index in [9.17, 15) is 0 Å². The molecule has 0 fully saturated rings. The average molecular weight is 326 g/mol. The average Bonchev–Trinajstić information content (AvgIpc) is 2.71. The van der Waals surface area contributed by atoms with Gasteiger partial charge in [0, 0.05) is 17.1 Å². The van der Waals surface area contributed by atoms with Gasteiger partial charge in [-0.25, -0.2) is 34.6 Å². The molecule has 0 nitrogen and oxygen atoms in total. The first-order valence-electron chi connectivity index (χ1n) is 7.50. The van der Waals surface area contributed by atoms with Gasteiger partial charge in [0.05, 0.1) is 0 Å². The maximum Gasteiger partial charge on any atom is 0 e. The van der Waals surface area contributed by atoms with Gasteiger partial charge in [-0.15, -0.1) is 0 Å². The summed E-state index contributed by atoms with van der Waals surface area (Å²) in [6, 6.07) is 0. The normalized spacial score (nSPS) is 10.0. The Balaban J connectivity index is 0.000000364. The molecule has 0 N–H and O–H groups in total. The van der Waals surface area contributed by atoms with Crippen LogP contribution < -0.4 is 0 Å². The second kappa shape index (κ2) is 7.47. The van der Waals surface area contributed by atoms with Crippen molar-refractivity contribution in [3.05, 3.63) is 55.6 Å². The first-order chi connectivity index (χ1) is 9.11. The molecule has 0 saturated carbocycles. The molecule has 0 aliphatic rings. The predicted octanol–water partition coefficient (Wildman–Crippen LogP) is 5.89. The third kappa shape index (κ3) is 3.70. The van der Waals surface area contributed by atoms with E-state index in [-0.39, 0.29) is 17.1 Å². The summed E-state index contributed by atoms with van der Waals surface area (Å²) < 4.78 is 0. The summed E-state index contributed by atoms with van der Waals surface area (Å²) in [6.07, 6.45) is 0. The van der Waals surface area contributed by atoms with Crippen molar-refractivity contribution >= 4 is 0 Å². The molecule has 0 saturated heterocycles. The van der Waals surface area contributed by atoms with Crippen molar-refractivity contribution in [1.29, 1.82) is 0 Å². The molecule has 0 atom stereocenters. The Kier molecular flexibility index (Phi) is 7.19. The minimum absolute atomic E-state index is 0. The molecular formula is C20H30Fe-6. The summed E-state index contributed by atoms with van der Waals surface area (Å²) in [4.78, 5) is 0. The fourth-order valence-electron chi connectivity index (χ4n) is 2.81. The molecule has 0 unspecified atom stereocenters. The molecule has 0 aliphatic carbocycles. The van der Waals surface area contributed by atoms with E-state index in [1.54, 1.807) is 0 Å². The van der Waals surface area contributed by atoms with E-state index in [1.165, 1.54) is 55.6 Å². The summed E-state index contributed by atoms with van der Waals surface area (Å²) in [7, 11) is 0. The Labute approximate surface area is 142 Å². The molecule has 0 heterocycles. The zero-order valence-corrected chi connectivity index (χ0v) is 16.5. The number of rotatable bonds is 0. The van der Waals surface area contributed by atoms with Crippen molar-refractivity contribution in [3.8, 4) is 0 Å². The van der Waals surface area contributed by atoms with Gasteiger partial charge in [0.2, 0.25) is 0 Å². The minimum Gasteiger partial charge on any atom is -0.731 e. The zero-order chi connectivity index (χ0) is 15.8. The van der Waals surface area contributed by atoms with Crippen LogP contribution in [0, 0.1) is 69.2 Å². The van der Waals surface area contributed by atoms with Gasteiger partial charge in [0.15, 0.2) is 0 Å². The topological polar surface area (TPSA) is 0 Å². The second-order valence-electron chi connectivity index (χ2n) is 6.25. The monoisotopic (exact) mass is 326 g/mol. The Hall–Kier alpha value is -0.781. The maximum atomic E-state index is 2.20. The first-order valence-corrected chi connectivity index (χ1v) is 7.50. The molecule has 2 aromatic carbocycles. The van der Waals surface area contributed by atoms with Gasteiger partial charge in [0.1, 0.15) is 0 Å². The summed E-state index contributed by atoms with van der Waals surface area (Å²) in [5.41, 5.74) is 14.7. The zero-order valence-electron chi connectivity index (χ0n) is 15.4. The molecule has 0 aromatic heterocycles. The summed E-state index contributed by atoms with van der Waals surface area (Å²) in [5, 5.41) is 0. The molecule has 21 heavy (non-hydrogen) atoms. The quantitative estimate of drug-likeness (QED) is 0.418. The van der Waals surface area contributed by atoms with E-state index in [2.05, 4.69) is 69.2 Å². The van der Waals surface area contributed by atoms with Gasteiger partial charge in [-0.1, -0.05) is 34.6 Å². The number of hydrogen-bond donors (Lipinski definition) is 0. The molecule has 0 radical (unpaired) electrons. The summed E-state index contributed by atoms with van der Waals surface area (Å²) >= 11 is 0. The van der Waals surface area contributed by atoms with Crippen LogP contribution in [0.4, 0.5) is 0 Å². The second-order valence-corrected chi connectivity index (χ2v) is 6.25. The molecule has 2 rings (SSSR count). The SMILES string of the molecule is C[c-]1[c-](C)[c-](C)[c-](C)[c-]1C.Cc1c(C)c(C)[c-](C)c1C.[Fe]. The van der Waals surface area contributed by atoms with E-state index in [4.69, 9.17) is 0 Å². The van der Waals surface area contributed by atoms with E-state index >= 15 is 0 Å². The number of hydrogen-bond acceptors (Lipinski definition) is 0. The largest absolute Gasteiger partial charge is 0.731 e. The minimum atomic E-state index is 0. The smallest absolute Gasteiger partial charge is 0 e. The predicted molar refractivity (Wildman–Crippen MR) is 91.4 cm³/mol. The van der Waals surface area contributed by atoms with Crippen molar-refractivity contribution in [1.82, 2.24) is 0 Å². The van der Waals surface area contributed by atoms with Gasteiger partial charge in [-0.05, 0) is 0 Å². The third-order valence-electron chi connectivity index (χ3n) is 5.62. The molecule has 124 valence electrons. The third-order valence-corrected chi connectivity index (χ3v) is 5.62. The Morgan fingerprint density at radius 2 is 0.667 bits per heavy atom. The standard InChI is InChI=1S/2C10H15.Fe/c2*1-6-7(2)9(4)10(5)8(6)3;/h2*1-5H3;/q-5;-1;. The first kappa shape index (κ1) is 20.2. The van der Waals surface area contributed by atoms with Crippen molar-refractivity contribution in [3.63, 3.8) is 0 Å². The van der Waals surface area contributed by atoms with E-state index in [1.807, 2.05) is 0 Å². The van der Waals surface area contributed by atoms with Crippen molar-refractivity contribution in [2.45, 2.75) is 69.2 Å². The van der Waals surface area contributed by atoms with Crippen LogP contribution in [-0.2, 0) is 17.1 Å². The molecule has 0 aliphatic heterocycles. The molecule has 0 spiro atoms. The van der Waals surface area contributed by atoms with E-state index in [0.717, 1.165) is 0 Å². The van der Waals surface area contributed by atoms with Crippen molar-refractivity contribution in [2.24, 2.45) is 0 Å². The van der Waals surface area contributed by atoms with Crippen molar-refractivity contribution < 1.29 is 17.1 Å². The van der Waals surface area contributed by atoms with Gasteiger partial charge < -0.3 is 27.8 Å². The Bertz CT molecular complexity index is 404. The van der Waals surface area contributed by atoms with Crippen LogP contribution >= 0.6 is 0 Å². The van der Waals surface area contributed by atoms with Crippen LogP contribution in [0.2, 0.25) is 0 Å². The van der Waals surface area contributed by atoms with Crippen LogP contribution in [0.25, 0.3) is 0 Å². The van der Waals surface area contributed by atoms with Gasteiger partial charge >= 0.3 is 0 Å². The fraction of sp³-hybridized carbons (Fsp3) is 0.500. The van der Waals surface area contributed by atoms with Gasteiger partial charge in [-0.3, -0.25) is 0 Å². The maximum absolute atomic E-state index is 2.20. The molecule has 0 bridgehead atoms. The Morgan fingerprint density at radius 1 is 0.476 bits per heavy atom. The van der Waals surface area contributed by atoms with E-state index in [0.29, 0.717) is 0 Å². The fourth-order valence-corrected chi connectivity index (χ4v) is 2.81. The molecule has 0 amide bonds. The van der Waals surface area contributed by atoms with E-state index < -0.39 is 0 Å². The van der Waals surface area contributed by atoms with Crippen LogP contribution in [-0.4, -0.2) is 0 Å². The van der Waals surface area contributed by atoms with Crippen LogP contribution in [0.15, 0.2) is 0 Å². The Morgan fingerprint density at radius 3 is 0.762 bits per heavy atom. The summed E-state index contributed by atoms with van der Waals surface area (Å²) in [5.74, 6) is 0. The summed E-state index contributed by atoms with van der Waals surface area (Å²) in [6.45, 7) is 22.0. The van der Waals surface area contributed by atoms with Crippen LogP contribution in [0.3, 0.4) is 0 Å². The van der Waals surface area contributed by atoms with Crippen LogP contribution in [0.1, 0.15) is 55.6 Å². The van der Waals surface area contributed by atoms with Crippen molar-refractivity contribution in [2.75, 3.05) is 0 Å². The van der Waals surface area contributed by atoms with Gasteiger partial charge in [0.25, 0.3) is 0 Å². The van der Waals surface area contributed by atoms with Gasteiger partial charge in [-0.2, -0.15) is 27.8 Å². The molecule has 1 heteroatoms. The molecule has 2 aromatic rings.